The number of fused-ring (bicyclic) bond motifs is 2. The molecule has 3 aromatic heterocycles. The van der Waals surface area contributed by atoms with Gasteiger partial charge in [0.05, 0.1) is 17.1 Å². The Labute approximate surface area is 139 Å². The zero-order valence-electron chi connectivity index (χ0n) is 13.4. The fraction of sp³-hybridized carbons (Fsp3) is 0.353. The summed E-state index contributed by atoms with van der Waals surface area (Å²) in [6.07, 6.45) is 7.09. The molecule has 0 spiro atoms. The second-order valence-electron chi connectivity index (χ2n) is 5.86. The summed E-state index contributed by atoms with van der Waals surface area (Å²) in [5, 5.41) is 0.870. The molecule has 1 aliphatic heterocycles. The molecule has 6 heteroatoms. The van der Waals surface area contributed by atoms with Crippen molar-refractivity contribution in [2.24, 2.45) is 0 Å². The van der Waals surface area contributed by atoms with Crippen molar-refractivity contribution in [2.45, 2.75) is 31.6 Å². The van der Waals surface area contributed by atoms with Crippen LogP contribution in [0.1, 0.15) is 22.6 Å². The van der Waals surface area contributed by atoms with Gasteiger partial charge in [-0.15, -0.1) is 0 Å². The van der Waals surface area contributed by atoms with Crippen LogP contribution in [-0.4, -0.2) is 37.1 Å². The molecule has 0 atom stereocenters. The molecule has 0 unspecified atom stereocenters. The monoisotopic (exact) mass is 325 g/mol. The summed E-state index contributed by atoms with van der Waals surface area (Å²) in [4.78, 5) is 16.2. The number of pyridine rings is 1. The van der Waals surface area contributed by atoms with Gasteiger partial charge in [0, 0.05) is 44.0 Å². The molecule has 118 valence electrons. The second-order valence-corrected chi connectivity index (χ2v) is 6.64. The van der Waals surface area contributed by atoms with Crippen LogP contribution in [-0.2, 0) is 19.5 Å². The van der Waals surface area contributed by atoms with E-state index in [2.05, 4.69) is 49.5 Å². The Morgan fingerprint density at radius 2 is 2.17 bits per heavy atom. The van der Waals surface area contributed by atoms with E-state index in [9.17, 15) is 0 Å². The summed E-state index contributed by atoms with van der Waals surface area (Å²) in [6, 6.07) is 6.14. The second kappa shape index (κ2) is 5.94. The molecule has 23 heavy (non-hydrogen) atoms. The minimum Gasteiger partial charge on any atom is -0.302 e. The number of imidazole rings is 1. The molecule has 0 amide bonds. The van der Waals surface area contributed by atoms with Crippen LogP contribution in [0.15, 0.2) is 35.7 Å². The van der Waals surface area contributed by atoms with Crippen molar-refractivity contribution < 1.29 is 0 Å². The molecule has 0 N–H and O–H groups in total. The molecule has 1 aliphatic rings. The molecule has 0 aromatic carbocycles. The summed E-state index contributed by atoms with van der Waals surface area (Å²) in [5.74, 6) is 0. The third kappa shape index (κ3) is 2.72. The third-order valence-corrected chi connectivity index (χ3v) is 4.94. The van der Waals surface area contributed by atoms with Crippen LogP contribution in [0.4, 0.5) is 0 Å². The zero-order chi connectivity index (χ0) is 15.8. The van der Waals surface area contributed by atoms with E-state index in [0.717, 1.165) is 42.6 Å². The predicted molar refractivity (Wildman–Crippen MR) is 91.6 cm³/mol. The van der Waals surface area contributed by atoms with Crippen LogP contribution < -0.4 is 0 Å². The van der Waals surface area contributed by atoms with Gasteiger partial charge in [0.2, 0.25) is 0 Å². The number of aryl methyl sites for hydroxylation is 1. The van der Waals surface area contributed by atoms with Gasteiger partial charge in [0.25, 0.3) is 0 Å². The largest absolute Gasteiger partial charge is 0.302 e. The van der Waals surface area contributed by atoms with Gasteiger partial charge in [0.1, 0.15) is 5.65 Å². The van der Waals surface area contributed by atoms with E-state index in [0.29, 0.717) is 0 Å². The highest BCUT2D eigenvalue weighted by atomic mass is 32.2. The Morgan fingerprint density at radius 3 is 3.04 bits per heavy atom. The van der Waals surface area contributed by atoms with Crippen LogP contribution >= 0.6 is 11.8 Å². The van der Waals surface area contributed by atoms with Gasteiger partial charge < -0.3 is 4.40 Å². The first-order valence-electron chi connectivity index (χ1n) is 7.78. The van der Waals surface area contributed by atoms with E-state index >= 15 is 0 Å². The highest BCUT2D eigenvalue weighted by molar-refractivity contribution is 7.98. The van der Waals surface area contributed by atoms with Gasteiger partial charge in [-0.05, 0) is 25.3 Å². The van der Waals surface area contributed by atoms with E-state index in [1.54, 1.807) is 11.8 Å². The van der Waals surface area contributed by atoms with Gasteiger partial charge in [-0.1, -0.05) is 17.8 Å². The summed E-state index contributed by atoms with van der Waals surface area (Å²) in [5.41, 5.74) is 5.85. The van der Waals surface area contributed by atoms with E-state index in [1.807, 2.05) is 18.5 Å². The Hall–Kier alpha value is -1.92. The lowest BCUT2D eigenvalue weighted by molar-refractivity contribution is 0.238. The third-order valence-electron chi connectivity index (χ3n) is 4.38. The minimum absolute atomic E-state index is 0.870. The topological polar surface area (TPSA) is 46.3 Å². The number of hydrogen-bond acceptors (Lipinski definition) is 5. The average molecular weight is 325 g/mol. The number of aromatic nitrogens is 4. The molecule has 0 fully saturated rings. The highest BCUT2D eigenvalue weighted by Crippen LogP contribution is 2.22. The standard InChI is InChI=1S/C17H19N5S/c1-12-15(22-7-4-3-5-16(22)19-12)11-21-8-6-14-13(10-21)9-18-17(20-14)23-2/h3-5,7,9H,6,8,10-11H2,1-2H3. The molecule has 0 aliphatic carbocycles. The number of nitrogens with zero attached hydrogens (tertiary/aromatic N) is 5. The summed E-state index contributed by atoms with van der Waals surface area (Å²) < 4.78 is 2.19. The Balaban J connectivity index is 1.59. The first-order chi connectivity index (χ1) is 11.2. The van der Waals surface area contributed by atoms with Crippen molar-refractivity contribution >= 4 is 17.4 Å². The molecule has 3 aromatic rings. The van der Waals surface area contributed by atoms with E-state index in [4.69, 9.17) is 0 Å². The maximum absolute atomic E-state index is 4.65. The van der Waals surface area contributed by atoms with Crippen LogP contribution in [0.3, 0.4) is 0 Å². The van der Waals surface area contributed by atoms with Gasteiger partial charge in [0.15, 0.2) is 5.16 Å². The van der Waals surface area contributed by atoms with Gasteiger partial charge >= 0.3 is 0 Å². The van der Waals surface area contributed by atoms with Gasteiger partial charge in [-0.3, -0.25) is 4.90 Å². The molecule has 0 radical (unpaired) electrons. The highest BCUT2D eigenvalue weighted by Gasteiger charge is 2.20. The molecule has 0 bridgehead atoms. The summed E-state index contributed by atoms with van der Waals surface area (Å²) in [6.45, 7) is 4.93. The zero-order valence-corrected chi connectivity index (χ0v) is 14.2. The predicted octanol–water partition coefficient (Wildman–Crippen LogP) is 2.71. The average Bonchev–Trinajstić information content (AvgIpc) is 2.90. The lowest BCUT2D eigenvalue weighted by Gasteiger charge is -2.28. The molecule has 0 saturated carbocycles. The number of hydrogen-bond donors (Lipinski definition) is 0. The molecular formula is C17H19N5S. The van der Waals surface area contributed by atoms with Crippen LogP contribution in [0.25, 0.3) is 5.65 Å². The SMILES string of the molecule is CSc1ncc2c(n1)CCN(Cc1c(C)nc3ccccn13)C2. The first-order valence-corrected chi connectivity index (χ1v) is 9.01. The van der Waals surface area contributed by atoms with Crippen LogP contribution in [0, 0.1) is 6.92 Å². The Kier molecular flexibility index (Phi) is 3.79. The van der Waals surface area contributed by atoms with E-state index < -0.39 is 0 Å². The Morgan fingerprint density at radius 1 is 1.26 bits per heavy atom. The van der Waals surface area contributed by atoms with Gasteiger partial charge in [-0.2, -0.15) is 0 Å². The fourth-order valence-corrected chi connectivity index (χ4v) is 3.52. The normalized spacial score (nSPS) is 15.0. The van der Waals surface area contributed by atoms with E-state index in [-0.39, 0.29) is 0 Å². The molecule has 4 rings (SSSR count). The molecular weight excluding hydrogens is 306 g/mol. The van der Waals surface area contributed by atoms with Crippen LogP contribution in [0.5, 0.6) is 0 Å². The minimum atomic E-state index is 0.870. The smallest absolute Gasteiger partial charge is 0.187 e. The van der Waals surface area contributed by atoms with Crippen LogP contribution in [0.2, 0.25) is 0 Å². The Bertz CT molecular complexity index is 857. The van der Waals surface area contributed by atoms with Crippen molar-refractivity contribution in [3.63, 3.8) is 0 Å². The van der Waals surface area contributed by atoms with Crippen molar-refractivity contribution in [3.8, 4) is 0 Å². The maximum Gasteiger partial charge on any atom is 0.187 e. The first kappa shape index (κ1) is 14.7. The molecule has 0 saturated heterocycles. The number of thioether (sulfide) groups is 1. The van der Waals surface area contributed by atoms with Crippen molar-refractivity contribution in [1.29, 1.82) is 0 Å². The maximum atomic E-state index is 4.65. The number of rotatable bonds is 3. The van der Waals surface area contributed by atoms with Gasteiger partial charge in [-0.25, -0.2) is 15.0 Å². The van der Waals surface area contributed by atoms with Crippen molar-refractivity contribution in [1.82, 2.24) is 24.3 Å². The summed E-state index contributed by atoms with van der Waals surface area (Å²) >= 11 is 1.60. The van der Waals surface area contributed by atoms with E-state index in [1.165, 1.54) is 17.0 Å². The summed E-state index contributed by atoms with van der Waals surface area (Å²) in [7, 11) is 0. The van der Waals surface area contributed by atoms with Crippen molar-refractivity contribution in [2.75, 3.05) is 12.8 Å². The van der Waals surface area contributed by atoms with Crippen molar-refractivity contribution in [3.05, 3.63) is 53.2 Å². The quantitative estimate of drug-likeness (QED) is 0.547. The lowest BCUT2D eigenvalue weighted by atomic mass is 10.1. The lowest BCUT2D eigenvalue weighted by Crippen LogP contribution is -2.31. The molecule has 4 heterocycles. The fourth-order valence-electron chi connectivity index (χ4n) is 3.16. The molecule has 5 nitrogen and oxygen atoms in total.